The fourth-order valence-electron chi connectivity index (χ4n) is 0.581. The van der Waals surface area contributed by atoms with Gasteiger partial charge in [-0.05, 0) is 0 Å². The molecule has 0 radical (unpaired) electrons. The van der Waals surface area contributed by atoms with Gasteiger partial charge in [-0.1, -0.05) is 6.08 Å². The van der Waals surface area contributed by atoms with Crippen LogP contribution < -0.4 is 0 Å². The summed E-state index contributed by atoms with van der Waals surface area (Å²) >= 11 is 0. The summed E-state index contributed by atoms with van der Waals surface area (Å²) in [5.74, 6) is -0.396. The average molecular weight is 139 g/mol. The minimum absolute atomic E-state index is 0.127. The Morgan fingerprint density at radius 1 is 1.70 bits per heavy atom. The average Bonchev–Trinajstić information content (AvgIpc) is 1.94. The Labute approximate surface area is 57.2 Å². The fraction of sp³-hybridized carbons (Fsp3) is 0.167. The van der Waals surface area contributed by atoms with Crippen molar-refractivity contribution in [2.75, 3.05) is 0 Å². The van der Waals surface area contributed by atoms with Crippen molar-refractivity contribution in [2.45, 2.75) is 6.42 Å². The highest BCUT2D eigenvalue weighted by Crippen LogP contribution is 1.98. The number of rotatable bonds is 1. The van der Waals surface area contributed by atoms with E-state index in [0.717, 1.165) is 0 Å². The van der Waals surface area contributed by atoms with Gasteiger partial charge in [-0.25, -0.2) is 4.99 Å². The van der Waals surface area contributed by atoms with Crippen LogP contribution in [0.25, 0.3) is 0 Å². The molecule has 0 amide bonds. The number of ether oxygens (including phenoxy) is 1. The van der Waals surface area contributed by atoms with Crippen molar-refractivity contribution in [3.63, 3.8) is 0 Å². The summed E-state index contributed by atoms with van der Waals surface area (Å²) in [7, 11) is 0. The van der Waals surface area contributed by atoms with Gasteiger partial charge in [0.1, 0.15) is 0 Å². The molecule has 0 aliphatic carbocycles. The van der Waals surface area contributed by atoms with E-state index >= 15 is 0 Å². The normalized spacial score (nSPS) is 16.4. The maximum Gasteiger partial charge on any atom is 0.299 e. The molecule has 1 rings (SSSR count). The first kappa shape index (κ1) is 6.67. The molecule has 0 fully saturated rings. The molecule has 0 saturated carbocycles. The predicted molar refractivity (Wildman–Crippen MR) is 33.3 cm³/mol. The van der Waals surface area contributed by atoms with Crippen molar-refractivity contribution >= 4 is 18.2 Å². The molecule has 0 bridgehead atoms. The lowest BCUT2D eigenvalue weighted by atomic mass is 10.2. The molecular formula is C6H5NO3. The fourth-order valence-corrected chi connectivity index (χ4v) is 0.581. The standard InChI is InChI=1S/C6H5NO3/c8-4-10-6-5(9)2-1-3-7-6/h1,3-4H,2H2. The third-order valence-electron chi connectivity index (χ3n) is 0.999. The Morgan fingerprint density at radius 3 is 3.10 bits per heavy atom. The first-order valence-electron chi connectivity index (χ1n) is 2.71. The van der Waals surface area contributed by atoms with Crippen LogP contribution in [-0.4, -0.2) is 18.2 Å². The summed E-state index contributed by atoms with van der Waals surface area (Å²) in [5, 5.41) is 0. The van der Waals surface area contributed by atoms with E-state index in [9.17, 15) is 9.59 Å². The number of hydrogen-bond donors (Lipinski definition) is 0. The predicted octanol–water partition coefficient (Wildman–Crippen LogP) is 0.0444. The second-order valence-electron chi connectivity index (χ2n) is 1.66. The molecule has 52 valence electrons. The van der Waals surface area contributed by atoms with Crippen LogP contribution in [-0.2, 0) is 14.3 Å². The van der Waals surface area contributed by atoms with E-state index < -0.39 is 0 Å². The topological polar surface area (TPSA) is 55.7 Å². The van der Waals surface area contributed by atoms with Gasteiger partial charge in [0.15, 0.2) is 0 Å². The molecule has 0 aromatic carbocycles. The van der Waals surface area contributed by atoms with Gasteiger partial charge in [0.2, 0.25) is 5.78 Å². The number of carbonyl (C=O) groups is 2. The van der Waals surface area contributed by atoms with Crippen molar-refractivity contribution < 1.29 is 14.3 Å². The van der Waals surface area contributed by atoms with Crippen LogP contribution in [0.1, 0.15) is 6.42 Å². The smallest absolute Gasteiger partial charge is 0.299 e. The number of aliphatic imine (C=N–C) groups is 1. The van der Waals surface area contributed by atoms with Gasteiger partial charge in [-0.2, -0.15) is 0 Å². The van der Waals surface area contributed by atoms with Crippen LogP contribution in [0.5, 0.6) is 0 Å². The lowest BCUT2D eigenvalue weighted by Crippen LogP contribution is -2.17. The maximum atomic E-state index is 10.7. The molecule has 0 aromatic heterocycles. The van der Waals surface area contributed by atoms with Crippen LogP contribution in [0.2, 0.25) is 0 Å². The Bertz CT molecular complexity index is 217. The highest BCUT2D eigenvalue weighted by molar-refractivity contribution is 6.38. The molecule has 0 spiro atoms. The van der Waals surface area contributed by atoms with E-state index in [1.807, 2.05) is 0 Å². The number of allylic oxidation sites excluding steroid dienone is 1. The summed E-state index contributed by atoms with van der Waals surface area (Å²) in [5.41, 5.74) is 0. The van der Waals surface area contributed by atoms with E-state index in [-0.39, 0.29) is 24.6 Å². The van der Waals surface area contributed by atoms with Gasteiger partial charge in [0.05, 0.1) is 0 Å². The third kappa shape index (κ3) is 1.28. The van der Waals surface area contributed by atoms with E-state index in [0.29, 0.717) is 0 Å². The van der Waals surface area contributed by atoms with Crippen molar-refractivity contribution in [3.05, 3.63) is 12.3 Å². The highest BCUT2D eigenvalue weighted by atomic mass is 16.5. The van der Waals surface area contributed by atoms with E-state index in [1.54, 1.807) is 6.08 Å². The molecule has 0 N–H and O–H groups in total. The minimum atomic E-state index is -0.269. The van der Waals surface area contributed by atoms with E-state index in [1.165, 1.54) is 6.20 Å². The van der Waals surface area contributed by atoms with Crippen molar-refractivity contribution in [1.29, 1.82) is 0 Å². The lowest BCUT2D eigenvalue weighted by molar-refractivity contribution is -0.124. The molecule has 0 unspecified atom stereocenters. The second kappa shape index (κ2) is 2.91. The second-order valence-corrected chi connectivity index (χ2v) is 1.66. The zero-order chi connectivity index (χ0) is 7.40. The number of ketones is 1. The molecule has 4 heteroatoms. The van der Waals surface area contributed by atoms with Gasteiger partial charge in [-0.15, -0.1) is 0 Å². The summed E-state index contributed by atoms with van der Waals surface area (Å²) in [6.45, 7) is 0.190. The van der Waals surface area contributed by atoms with Crippen LogP contribution in [0.15, 0.2) is 17.3 Å². The molecule has 0 aromatic rings. The van der Waals surface area contributed by atoms with E-state index in [4.69, 9.17) is 0 Å². The highest BCUT2D eigenvalue weighted by Gasteiger charge is 2.12. The summed E-state index contributed by atoms with van der Waals surface area (Å²) in [6, 6.07) is 0. The molecule has 4 nitrogen and oxygen atoms in total. The number of hydrogen-bond acceptors (Lipinski definition) is 4. The summed E-state index contributed by atoms with van der Waals surface area (Å²) < 4.78 is 4.26. The first-order chi connectivity index (χ1) is 4.84. The summed E-state index contributed by atoms with van der Waals surface area (Å²) in [6.07, 6.45) is 3.28. The largest absolute Gasteiger partial charge is 0.406 e. The molecule has 1 heterocycles. The first-order valence-corrected chi connectivity index (χ1v) is 2.71. The van der Waals surface area contributed by atoms with Crippen LogP contribution in [0.3, 0.4) is 0 Å². The quantitative estimate of drug-likeness (QED) is 0.482. The Hall–Kier alpha value is -1.45. The monoisotopic (exact) mass is 139 g/mol. The van der Waals surface area contributed by atoms with Crippen LogP contribution in [0.4, 0.5) is 0 Å². The van der Waals surface area contributed by atoms with Crippen LogP contribution in [0, 0.1) is 0 Å². The Morgan fingerprint density at radius 2 is 2.50 bits per heavy atom. The maximum absolute atomic E-state index is 10.7. The van der Waals surface area contributed by atoms with Crippen molar-refractivity contribution in [3.8, 4) is 0 Å². The number of Topliss-reactive ketones (excluding diaryl/α,β-unsaturated/α-hetero) is 1. The molecule has 0 atom stereocenters. The number of nitrogens with zero attached hydrogens (tertiary/aromatic N) is 1. The minimum Gasteiger partial charge on any atom is -0.406 e. The van der Waals surface area contributed by atoms with Gasteiger partial charge in [0, 0.05) is 12.6 Å². The molecule has 0 saturated heterocycles. The summed E-state index contributed by atoms with van der Waals surface area (Å²) in [4.78, 5) is 24.0. The van der Waals surface area contributed by atoms with E-state index in [2.05, 4.69) is 9.73 Å². The third-order valence-corrected chi connectivity index (χ3v) is 0.999. The van der Waals surface area contributed by atoms with Gasteiger partial charge in [-0.3, -0.25) is 9.59 Å². The zero-order valence-corrected chi connectivity index (χ0v) is 5.11. The molecule has 10 heavy (non-hydrogen) atoms. The SMILES string of the molecule is O=COC1=NC=CCC1=O. The molecular weight excluding hydrogens is 134 g/mol. The number of carbonyl (C=O) groups excluding carboxylic acids is 2. The van der Waals surface area contributed by atoms with Gasteiger partial charge >= 0.3 is 0 Å². The van der Waals surface area contributed by atoms with Gasteiger partial charge in [0.25, 0.3) is 12.4 Å². The zero-order valence-electron chi connectivity index (χ0n) is 5.11. The van der Waals surface area contributed by atoms with Crippen LogP contribution >= 0.6 is 0 Å². The lowest BCUT2D eigenvalue weighted by Gasteiger charge is -2.01. The van der Waals surface area contributed by atoms with Gasteiger partial charge < -0.3 is 4.74 Å². The Kier molecular flexibility index (Phi) is 1.94. The van der Waals surface area contributed by atoms with Crippen molar-refractivity contribution in [2.24, 2.45) is 4.99 Å². The van der Waals surface area contributed by atoms with Crippen molar-refractivity contribution in [1.82, 2.24) is 0 Å². The Balaban J connectivity index is 2.70. The molecule has 1 aliphatic heterocycles. The molecule has 1 aliphatic rings.